The minimum Gasteiger partial charge on any atom is -0.490 e. The molecule has 0 aliphatic carbocycles. The van der Waals surface area contributed by atoms with E-state index in [4.69, 9.17) is 21.1 Å². The van der Waals surface area contributed by atoms with Crippen molar-refractivity contribution in [3.63, 3.8) is 0 Å². The van der Waals surface area contributed by atoms with Crippen molar-refractivity contribution in [2.24, 2.45) is 0 Å². The number of esters is 1. The molecule has 0 spiro atoms. The molecule has 0 atom stereocenters. The summed E-state index contributed by atoms with van der Waals surface area (Å²) in [7, 11) is 1.27. The van der Waals surface area contributed by atoms with Crippen LogP contribution in [0.15, 0.2) is 48.6 Å². The Hall–Kier alpha value is -3.76. The lowest BCUT2D eigenvalue weighted by Gasteiger charge is -2.16. The van der Waals surface area contributed by atoms with Crippen LogP contribution < -0.4 is 14.8 Å². The SMILES string of the molecule is C=CCc1cc(/C=C(\C#N)C(=O)Nc2cccc(Cl)c2C)cc(OCC)c1OCC(=O)OC. The first kappa shape index (κ1) is 25.5. The van der Waals surface area contributed by atoms with E-state index in [1.54, 1.807) is 50.3 Å². The predicted octanol–water partition coefficient (Wildman–Crippen LogP) is 4.87. The molecule has 0 aromatic heterocycles. The van der Waals surface area contributed by atoms with Crippen LogP contribution in [0.4, 0.5) is 5.69 Å². The second-order valence-electron chi connectivity index (χ2n) is 6.83. The maximum Gasteiger partial charge on any atom is 0.343 e. The van der Waals surface area contributed by atoms with Crippen molar-refractivity contribution in [3.8, 4) is 17.6 Å². The normalized spacial score (nSPS) is 10.7. The van der Waals surface area contributed by atoms with Gasteiger partial charge in [0.15, 0.2) is 18.1 Å². The largest absolute Gasteiger partial charge is 0.490 e. The van der Waals surface area contributed by atoms with Gasteiger partial charge in [-0.1, -0.05) is 23.7 Å². The number of hydrogen-bond acceptors (Lipinski definition) is 6. The lowest BCUT2D eigenvalue weighted by atomic mass is 10.0. The van der Waals surface area contributed by atoms with Gasteiger partial charge in [0.05, 0.1) is 13.7 Å². The zero-order valence-electron chi connectivity index (χ0n) is 18.7. The van der Waals surface area contributed by atoms with Crippen molar-refractivity contribution in [1.29, 1.82) is 5.26 Å². The Bertz CT molecular complexity index is 1120. The standard InChI is InChI=1S/C25H25ClN2O5/c1-5-8-18-11-17(13-22(32-6-2)24(18)33-15-23(29)31-4)12-19(14-27)25(30)28-21-10-7-9-20(26)16(21)3/h5,7,9-13H,1,6,8,15H2,2-4H3,(H,28,30)/b19-12+. The topological polar surface area (TPSA) is 97.7 Å². The molecule has 0 bridgehead atoms. The molecule has 0 radical (unpaired) electrons. The van der Waals surface area contributed by atoms with E-state index in [0.717, 1.165) is 0 Å². The summed E-state index contributed by atoms with van der Waals surface area (Å²) < 4.78 is 16.0. The summed E-state index contributed by atoms with van der Waals surface area (Å²) in [5.74, 6) is -0.366. The van der Waals surface area contributed by atoms with Crippen LogP contribution in [-0.4, -0.2) is 32.2 Å². The van der Waals surface area contributed by atoms with Crippen LogP contribution in [0.5, 0.6) is 11.5 Å². The number of ether oxygens (including phenoxy) is 3. The second kappa shape index (κ2) is 12.3. The molecule has 1 amide bonds. The highest BCUT2D eigenvalue weighted by atomic mass is 35.5. The maximum absolute atomic E-state index is 12.7. The molecule has 1 N–H and O–H groups in total. The fourth-order valence-corrected chi connectivity index (χ4v) is 3.11. The highest BCUT2D eigenvalue weighted by Gasteiger charge is 2.17. The van der Waals surface area contributed by atoms with E-state index in [0.29, 0.717) is 51.9 Å². The van der Waals surface area contributed by atoms with Gasteiger partial charge in [-0.25, -0.2) is 4.79 Å². The fourth-order valence-electron chi connectivity index (χ4n) is 2.94. The maximum atomic E-state index is 12.7. The zero-order chi connectivity index (χ0) is 24.4. The van der Waals surface area contributed by atoms with E-state index in [9.17, 15) is 14.9 Å². The van der Waals surface area contributed by atoms with Crippen molar-refractivity contribution in [1.82, 2.24) is 0 Å². The van der Waals surface area contributed by atoms with Gasteiger partial charge in [-0.05, 0) is 61.7 Å². The lowest BCUT2D eigenvalue weighted by Crippen LogP contribution is -2.15. The summed E-state index contributed by atoms with van der Waals surface area (Å²) in [4.78, 5) is 24.3. The van der Waals surface area contributed by atoms with Crippen LogP contribution in [0.3, 0.4) is 0 Å². The number of amides is 1. The van der Waals surface area contributed by atoms with E-state index in [1.165, 1.54) is 13.2 Å². The van der Waals surface area contributed by atoms with Gasteiger partial charge in [-0.3, -0.25) is 4.79 Å². The minimum absolute atomic E-state index is 0.107. The van der Waals surface area contributed by atoms with Crippen LogP contribution in [0.25, 0.3) is 6.08 Å². The fraction of sp³-hybridized carbons (Fsp3) is 0.240. The number of methoxy groups -OCH3 is 1. The highest BCUT2D eigenvalue weighted by molar-refractivity contribution is 6.31. The molecule has 0 aliphatic rings. The first-order chi connectivity index (χ1) is 15.8. The average Bonchev–Trinajstić information content (AvgIpc) is 2.80. The quantitative estimate of drug-likeness (QED) is 0.231. The number of nitrogens with zero attached hydrogens (tertiary/aromatic N) is 1. The summed E-state index contributed by atoms with van der Waals surface area (Å²) in [5, 5.41) is 12.8. The molecule has 2 aromatic carbocycles. The van der Waals surface area contributed by atoms with Crippen LogP contribution in [0.1, 0.15) is 23.6 Å². The van der Waals surface area contributed by atoms with Crippen molar-refractivity contribution < 1.29 is 23.8 Å². The van der Waals surface area contributed by atoms with Crippen molar-refractivity contribution in [3.05, 3.63) is 70.3 Å². The number of nitrogens with one attached hydrogen (secondary N) is 1. The molecule has 0 aliphatic heterocycles. The summed E-state index contributed by atoms with van der Waals surface area (Å²) in [6.45, 7) is 7.38. The highest BCUT2D eigenvalue weighted by Crippen LogP contribution is 2.35. The zero-order valence-corrected chi connectivity index (χ0v) is 19.5. The van der Waals surface area contributed by atoms with Gasteiger partial charge in [-0.2, -0.15) is 5.26 Å². The van der Waals surface area contributed by atoms with Crippen molar-refractivity contribution in [2.45, 2.75) is 20.3 Å². The van der Waals surface area contributed by atoms with Crippen molar-refractivity contribution >= 4 is 35.2 Å². The number of benzene rings is 2. The van der Waals surface area contributed by atoms with Crippen molar-refractivity contribution in [2.75, 3.05) is 25.6 Å². The number of hydrogen-bond donors (Lipinski definition) is 1. The average molecular weight is 469 g/mol. The Morgan fingerprint density at radius 3 is 2.67 bits per heavy atom. The predicted molar refractivity (Wildman–Crippen MR) is 127 cm³/mol. The third-order valence-corrected chi connectivity index (χ3v) is 4.98. The van der Waals surface area contributed by atoms with Gasteiger partial charge in [0, 0.05) is 16.3 Å². The molecular weight excluding hydrogens is 444 g/mol. The minimum atomic E-state index is -0.572. The number of carbonyl (C=O) groups is 2. The molecular formula is C25H25ClN2O5. The van der Waals surface area contributed by atoms with Gasteiger partial charge in [0.2, 0.25) is 0 Å². The number of carbonyl (C=O) groups excluding carboxylic acids is 2. The second-order valence-corrected chi connectivity index (χ2v) is 7.24. The van der Waals surface area contributed by atoms with E-state index < -0.39 is 11.9 Å². The van der Waals surface area contributed by atoms with E-state index in [-0.39, 0.29) is 12.2 Å². The Balaban J connectivity index is 2.44. The first-order valence-corrected chi connectivity index (χ1v) is 10.5. The van der Waals surface area contributed by atoms with Crippen LogP contribution in [0, 0.1) is 18.3 Å². The first-order valence-electron chi connectivity index (χ1n) is 10.1. The van der Waals surface area contributed by atoms with Gasteiger partial charge in [-0.15, -0.1) is 6.58 Å². The molecule has 7 nitrogen and oxygen atoms in total. The smallest absolute Gasteiger partial charge is 0.343 e. The number of allylic oxidation sites excluding steroid dienone is 1. The van der Waals surface area contributed by atoms with Gasteiger partial charge >= 0.3 is 5.97 Å². The summed E-state index contributed by atoms with van der Waals surface area (Å²) in [6, 6.07) is 10.4. The molecule has 0 unspecified atom stereocenters. The molecule has 2 aromatic rings. The van der Waals surface area contributed by atoms with E-state index in [1.807, 2.05) is 6.07 Å². The number of halogens is 1. The molecule has 172 valence electrons. The number of rotatable bonds is 10. The molecule has 0 saturated heterocycles. The molecule has 8 heteroatoms. The number of nitriles is 1. The van der Waals surface area contributed by atoms with Gasteiger partial charge < -0.3 is 19.5 Å². The van der Waals surface area contributed by atoms with Gasteiger partial charge in [0.25, 0.3) is 5.91 Å². The Labute approximate surface area is 198 Å². The number of anilines is 1. The third-order valence-electron chi connectivity index (χ3n) is 4.57. The van der Waals surface area contributed by atoms with Crippen LogP contribution in [0.2, 0.25) is 5.02 Å². The monoisotopic (exact) mass is 468 g/mol. The molecule has 0 fully saturated rings. The third kappa shape index (κ3) is 6.86. The molecule has 33 heavy (non-hydrogen) atoms. The Morgan fingerprint density at radius 1 is 1.27 bits per heavy atom. The molecule has 2 rings (SSSR count). The summed E-state index contributed by atoms with van der Waals surface area (Å²) >= 11 is 6.11. The summed E-state index contributed by atoms with van der Waals surface area (Å²) in [6.07, 6.45) is 3.53. The van der Waals surface area contributed by atoms with Gasteiger partial charge in [0.1, 0.15) is 11.6 Å². The van der Waals surface area contributed by atoms with E-state index in [2.05, 4.69) is 16.6 Å². The Kier molecular flexibility index (Phi) is 9.52. The van der Waals surface area contributed by atoms with Crippen LogP contribution >= 0.6 is 11.6 Å². The Morgan fingerprint density at radius 2 is 2.03 bits per heavy atom. The lowest BCUT2D eigenvalue weighted by molar-refractivity contribution is -0.142. The molecule has 0 saturated carbocycles. The molecule has 0 heterocycles. The summed E-state index contributed by atoms with van der Waals surface area (Å²) in [5.41, 5.74) is 2.33. The van der Waals surface area contributed by atoms with Crippen LogP contribution in [-0.2, 0) is 20.7 Å². The van der Waals surface area contributed by atoms with E-state index >= 15 is 0 Å².